The van der Waals surface area contributed by atoms with Gasteiger partial charge in [-0.3, -0.25) is 0 Å². The van der Waals surface area contributed by atoms with E-state index in [1.165, 1.54) is 5.56 Å². The van der Waals surface area contributed by atoms with Crippen molar-refractivity contribution < 1.29 is 14.2 Å². The molecule has 114 valence electrons. The second-order valence-electron chi connectivity index (χ2n) is 4.23. The minimum absolute atomic E-state index is 0.612. The van der Waals surface area contributed by atoms with Crippen molar-refractivity contribution >= 4 is 31.9 Å². The summed E-state index contributed by atoms with van der Waals surface area (Å²) >= 11 is 7.06. The molecule has 0 saturated heterocycles. The molecule has 0 saturated carbocycles. The average Bonchev–Trinajstić information content (AvgIpc) is 2.40. The molecule has 0 radical (unpaired) electrons. The number of benzene rings is 1. The number of nitrogens with two attached hydrogens (primary N) is 1. The maximum absolute atomic E-state index is 5.77. The number of halogens is 2. The van der Waals surface area contributed by atoms with E-state index < -0.39 is 0 Å². The van der Waals surface area contributed by atoms with Crippen LogP contribution in [0.2, 0.25) is 0 Å². The predicted octanol–water partition coefficient (Wildman–Crippen LogP) is 3.14. The zero-order valence-electron chi connectivity index (χ0n) is 11.7. The van der Waals surface area contributed by atoms with Crippen molar-refractivity contribution in [3.63, 3.8) is 0 Å². The maximum Gasteiger partial charge on any atom is 0.147 e. The van der Waals surface area contributed by atoms with Crippen LogP contribution >= 0.6 is 31.9 Å². The lowest BCUT2D eigenvalue weighted by molar-refractivity contribution is 0.0643. The van der Waals surface area contributed by atoms with E-state index in [2.05, 4.69) is 31.9 Å². The molecule has 1 aromatic carbocycles. The Bertz CT molecular complexity index is 379. The summed E-state index contributed by atoms with van der Waals surface area (Å²) in [4.78, 5) is 0. The zero-order chi connectivity index (χ0) is 14.8. The van der Waals surface area contributed by atoms with Crippen LogP contribution in [0, 0.1) is 0 Å². The normalized spacial score (nSPS) is 10.8. The van der Waals surface area contributed by atoms with Crippen LogP contribution in [0.25, 0.3) is 0 Å². The second-order valence-corrected chi connectivity index (χ2v) is 5.94. The molecule has 0 aliphatic carbocycles. The molecule has 0 aliphatic heterocycles. The molecular formula is C14H21Br2NO3. The Morgan fingerprint density at radius 2 is 1.75 bits per heavy atom. The van der Waals surface area contributed by atoms with Crippen LogP contribution in [0.5, 0.6) is 5.75 Å². The quantitative estimate of drug-likeness (QED) is 0.602. The molecule has 0 atom stereocenters. The van der Waals surface area contributed by atoms with Gasteiger partial charge in [0, 0.05) is 20.1 Å². The van der Waals surface area contributed by atoms with Crippen molar-refractivity contribution in [1.29, 1.82) is 0 Å². The fourth-order valence-electron chi connectivity index (χ4n) is 1.64. The van der Waals surface area contributed by atoms with Crippen molar-refractivity contribution in [3.05, 3.63) is 26.6 Å². The minimum Gasteiger partial charge on any atom is -0.491 e. The molecular weight excluding hydrogens is 390 g/mol. The fourth-order valence-corrected chi connectivity index (χ4v) is 3.15. The lowest BCUT2D eigenvalue weighted by Crippen LogP contribution is -2.07. The van der Waals surface area contributed by atoms with E-state index in [9.17, 15) is 0 Å². The second kappa shape index (κ2) is 10.6. The van der Waals surface area contributed by atoms with Gasteiger partial charge in [0.1, 0.15) is 5.75 Å². The number of methoxy groups -OCH3 is 1. The van der Waals surface area contributed by atoms with Crippen molar-refractivity contribution in [2.75, 3.05) is 40.1 Å². The smallest absolute Gasteiger partial charge is 0.147 e. The molecule has 4 nitrogen and oxygen atoms in total. The minimum atomic E-state index is 0.612. The first-order chi connectivity index (χ1) is 9.69. The molecule has 20 heavy (non-hydrogen) atoms. The Hall–Kier alpha value is -0.140. The third-order valence-corrected chi connectivity index (χ3v) is 3.78. The third kappa shape index (κ3) is 6.54. The molecule has 1 rings (SSSR count). The number of hydrogen-bond acceptors (Lipinski definition) is 4. The molecule has 0 aliphatic rings. The van der Waals surface area contributed by atoms with Crippen LogP contribution < -0.4 is 10.5 Å². The Morgan fingerprint density at radius 3 is 2.35 bits per heavy atom. The van der Waals surface area contributed by atoms with Gasteiger partial charge in [-0.2, -0.15) is 0 Å². The van der Waals surface area contributed by atoms with Gasteiger partial charge in [-0.15, -0.1) is 0 Å². The summed E-state index contributed by atoms with van der Waals surface area (Å²) in [5, 5.41) is 0. The zero-order valence-corrected chi connectivity index (χ0v) is 14.8. The highest BCUT2D eigenvalue weighted by Gasteiger charge is 2.08. The Balaban J connectivity index is 2.36. The number of hydrogen-bond donors (Lipinski definition) is 1. The van der Waals surface area contributed by atoms with Gasteiger partial charge in [-0.1, -0.05) is 0 Å². The topological polar surface area (TPSA) is 53.7 Å². The Morgan fingerprint density at radius 1 is 1.05 bits per heavy atom. The van der Waals surface area contributed by atoms with Gasteiger partial charge >= 0.3 is 0 Å². The first kappa shape index (κ1) is 17.9. The first-order valence-electron chi connectivity index (χ1n) is 6.56. The van der Waals surface area contributed by atoms with Crippen LogP contribution in [-0.4, -0.2) is 40.1 Å². The number of ether oxygens (including phenoxy) is 3. The monoisotopic (exact) mass is 409 g/mol. The summed E-state index contributed by atoms with van der Waals surface area (Å²) < 4.78 is 17.9. The first-order valence-corrected chi connectivity index (χ1v) is 8.15. The molecule has 0 fully saturated rings. The van der Waals surface area contributed by atoms with Crippen LogP contribution in [0.1, 0.15) is 12.0 Å². The molecule has 0 heterocycles. The summed E-state index contributed by atoms with van der Waals surface area (Å²) in [5.74, 6) is 0.822. The van der Waals surface area contributed by atoms with Crippen molar-refractivity contribution in [3.8, 4) is 5.75 Å². The molecule has 0 spiro atoms. The van der Waals surface area contributed by atoms with E-state index in [1.54, 1.807) is 7.11 Å². The van der Waals surface area contributed by atoms with E-state index in [1.807, 2.05) is 12.1 Å². The highest BCUT2D eigenvalue weighted by Crippen LogP contribution is 2.34. The van der Waals surface area contributed by atoms with Gasteiger partial charge in [0.2, 0.25) is 0 Å². The highest BCUT2D eigenvalue weighted by atomic mass is 79.9. The van der Waals surface area contributed by atoms with Crippen LogP contribution in [0.15, 0.2) is 21.1 Å². The highest BCUT2D eigenvalue weighted by molar-refractivity contribution is 9.11. The standard InChI is InChI=1S/C14H21Br2NO3/c1-18-7-8-19-5-2-6-20-14-12(15)9-11(3-4-17)10-13(14)16/h9-10H,2-8,17H2,1H3. The lowest BCUT2D eigenvalue weighted by Gasteiger charge is -2.12. The molecule has 0 amide bonds. The average molecular weight is 411 g/mol. The van der Waals surface area contributed by atoms with Crippen LogP contribution in [-0.2, 0) is 15.9 Å². The summed E-state index contributed by atoms with van der Waals surface area (Å²) in [7, 11) is 1.66. The van der Waals surface area contributed by atoms with Crippen LogP contribution in [0.4, 0.5) is 0 Å². The summed E-state index contributed by atoms with van der Waals surface area (Å²) in [5.41, 5.74) is 6.74. The SMILES string of the molecule is COCCOCCCOc1c(Br)cc(CCN)cc1Br. The lowest BCUT2D eigenvalue weighted by atomic mass is 10.1. The van der Waals surface area contributed by atoms with E-state index in [4.69, 9.17) is 19.9 Å². The van der Waals surface area contributed by atoms with Gasteiger partial charge in [0.05, 0.1) is 28.8 Å². The van der Waals surface area contributed by atoms with Crippen molar-refractivity contribution in [1.82, 2.24) is 0 Å². The van der Waals surface area contributed by atoms with Gasteiger partial charge in [-0.05, 0) is 62.5 Å². The third-order valence-electron chi connectivity index (χ3n) is 2.60. The van der Waals surface area contributed by atoms with Gasteiger partial charge in [0.25, 0.3) is 0 Å². The van der Waals surface area contributed by atoms with Crippen molar-refractivity contribution in [2.24, 2.45) is 5.73 Å². The van der Waals surface area contributed by atoms with E-state index in [-0.39, 0.29) is 0 Å². The summed E-state index contributed by atoms with van der Waals surface area (Å²) in [6.45, 7) is 3.17. The summed E-state index contributed by atoms with van der Waals surface area (Å²) in [6, 6.07) is 4.09. The van der Waals surface area contributed by atoms with E-state index in [0.717, 1.165) is 27.5 Å². The Kier molecular flexibility index (Phi) is 9.46. The molecule has 0 bridgehead atoms. The molecule has 2 N–H and O–H groups in total. The van der Waals surface area contributed by atoms with Gasteiger partial charge < -0.3 is 19.9 Å². The summed E-state index contributed by atoms with van der Waals surface area (Å²) in [6.07, 6.45) is 1.69. The Labute approximate surface area is 137 Å². The largest absolute Gasteiger partial charge is 0.491 e. The maximum atomic E-state index is 5.77. The van der Waals surface area contributed by atoms with Crippen molar-refractivity contribution in [2.45, 2.75) is 12.8 Å². The molecule has 6 heteroatoms. The van der Waals surface area contributed by atoms with E-state index in [0.29, 0.717) is 33.0 Å². The molecule has 1 aromatic rings. The predicted molar refractivity (Wildman–Crippen MR) is 87.4 cm³/mol. The fraction of sp³-hybridized carbons (Fsp3) is 0.571. The number of rotatable bonds is 10. The van der Waals surface area contributed by atoms with Gasteiger partial charge in [0.15, 0.2) is 0 Å². The molecule has 0 aromatic heterocycles. The van der Waals surface area contributed by atoms with Crippen LogP contribution in [0.3, 0.4) is 0 Å². The van der Waals surface area contributed by atoms with E-state index >= 15 is 0 Å². The molecule has 0 unspecified atom stereocenters. The van der Waals surface area contributed by atoms with Gasteiger partial charge in [-0.25, -0.2) is 0 Å².